The van der Waals surface area contributed by atoms with Gasteiger partial charge in [0.1, 0.15) is 0 Å². The fraction of sp³-hybridized carbons (Fsp3) is 0.556. The predicted molar refractivity (Wildman–Crippen MR) is 57.8 cm³/mol. The smallest absolute Gasteiger partial charge is 0.178 e. The van der Waals surface area contributed by atoms with E-state index in [0.29, 0.717) is 11.7 Å². The van der Waals surface area contributed by atoms with Gasteiger partial charge in [-0.05, 0) is 21.0 Å². The SMILES string of the molecule is COCN(C)C.Cc1cnc(C=O)s1. The van der Waals surface area contributed by atoms with E-state index in [1.165, 1.54) is 11.3 Å². The van der Waals surface area contributed by atoms with Gasteiger partial charge in [0.2, 0.25) is 0 Å². The molecule has 1 rings (SSSR count). The van der Waals surface area contributed by atoms with E-state index in [9.17, 15) is 4.79 Å². The highest BCUT2D eigenvalue weighted by molar-refractivity contribution is 7.13. The van der Waals surface area contributed by atoms with Crippen LogP contribution >= 0.6 is 11.3 Å². The highest BCUT2D eigenvalue weighted by Crippen LogP contribution is 2.07. The molecule has 80 valence electrons. The summed E-state index contributed by atoms with van der Waals surface area (Å²) in [5.41, 5.74) is 0. The van der Waals surface area contributed by atoms with Gasteiger partial charge in [0, 0.05) is 18.2 Å². The number of aryl methyl sites for hydroxylation is 1. The summed E-state index contributed by atoms with van der Waals surface area (Å²) in [5, 5.41) is 0.558. The van der Waals surface area contributed by atoms with Crippen LogP contribution in [-0.2, 0) is 4.74 Å². The van der Waals surface area contributed by atoms with E-state index in [4.69, 9.17) is 4.74 Å². The molecule has 0 aliphatic carbocycles. The number of hydrogen-bond donors (Lipinski definition) is 0. The molecule has 0 saturated carbocycles. The van der Waals surface area contributed by atoms with Crippen LogP contribution in [0.1, 0.15) is 14.7 Å². The van der Waals surface area contributed by atoms with Crippen LogP contribution in [0.15, 0.2) is 6.20 Å². The van der Waals surface area contributed by atoms with Gasteiger partial charge in [-0.3, -0.25) is 9.69 Å². The van der Waals surface area contributed by atoms with Crippen molar-refractivity contribution < 1.29 is 9.53 Å². The summed E-state index contributed by atoms with van der Waals surface area (Å²) in [6, 6.07) is 0. The lowest BCUT2D eigenvalue weighted by Gasteiger charge is -2.04. The van der Waals surface area contributed by atoms with Gasteiger partial charge in [-0.15, -0.1) is 11.3 Å². The fourth-order valence-electron chi connectivity index (χ4n) is 0.685. The molecule has 0 saturated heterocycles. The number of aromatic nitrogens is 1. The van der Waals surface area contributed by atoms with Crippen molar-refractivity contribution in [3.8, 4) is 0 Å². The van der Waals surface area contributed by atoms with Gasteiger partial charge in [-0.1, -0.05) is 0 Å². The summed E-state index contributed by atoms with van der Waals surface area (Å²) in [6.07, 6.45) is 2.45. The molecule has 0 spiro atoms. The highest BCUT2D eigenvalue weighted by atomic mass is 32.1. The Labute approximate surface area is 88.5 Å². The molecule has 0 aromatic carbocycles. The molecule has 0 atom stereocenters. The zero-order chi connectivity index (χ0) is 11.0. The largest absolute Gasteiger partial charge is 0.369 e. The normalized spacial score (nSPS) is 9.50. The van der Waals surface area contributed by atoms with Crippen LogP contribution in [0.25, 0.3) is 0 Å². The molecule has 0 N–H and O–H groups in total. The predicted octanol–water partition coefficient (Wildman–Crippen LogP) is 1.42. The van der Waals surface area contributed by atoms with Crippen LogP contribution in [0.4, 0.5) is 0 Å². The second-order valence-electron chi connectivity index (χ2n) is 2.92. The van der Waals surface area contributed by atoms with Gasteiger partial charge < -0.3 is 4.74 Å². The first-order chi connectivity index (χ1) is 6.60. The third kappa shape index (κ3) is 6.71. The van der Waals surface area contributed by atoms with Crippen LogP contribution in [0, 0.1) is 6.92 Å². The van der Waals surface area contributed by atoms with E-state index in [2.05, 4.69) is 4.98 Å². The van der Waals surface area contributed by atoms with Gasteiger partial charge in [0.25, 0.3) is 0 Å². The molecule has 5 heteroatoms. The minimum atomic E-state index is 0.558. The standard InChI is InChI=1S/C5H5NOS.C4H11NO/c1-4-2-6-5(3-7)8-4;1-5(2)4-6-3/h2-3H,1H3;4H2,1-3H3. The van der Waals surface area contributed by atoms with Gasteiger partial charge in [0.05, 0.1) is 6.73 Å². The Hall–Kier alpha value is -0.780. The Morgan fingerprint density at radius 2 is 2.29 bits per heavy atom. The average Bonchev–Trinajstić information content (AvgIpc) is 2.52. The average molecular weight is 216 g/mol. The summed E-state index contributed by atoms with van der Waals surface area (Å²) in [6.45, 7) is 2.63. The van der Waals surface area contributed by atoms with E-state index in [-0.39, 0.29) is 0 Å². The maximum atomic E-state index is 9.97. The van der Waals surface area contributed by atoms with Gasteiger partial charge >= 0.3 is 0 Å². The monoisotopic (exact) mass is 216 g/mol. The number of carbonyl (C=O) groups excluding carboxylic acids is 1. The number of methoxy groups -OCH3 is 1. The summed E-state index contributed by atoms with van der Waals surface area (Å²) in [4.78, 5) is 16.8. The molecule has 0 aliphatic heterocycles. The van der Waals surface area contributed by atoms with Crippen LogP contribution in [-0.4, -0.2) is 44.1 Å². The number of hydrogen-bond acceptors (Lipinski definition) is 5. The van der Waals surface area contributed by atoms with Crippen LogP contribution in [0.2, 0.25) is 0 Å². The van der Waals surface area contributed by atoms with E-state index < -0.39 is 0 Å². The van der Waals surface area contributed by atoms with E-state index in [1.807, 2.05) is 25.9 Å². The minimum absolute atomic E-state index is 0.558. The first kappa shape index (κ1) is 13.2. The van der Waals surface area contributed by atoms with Crippen molar-refractivity contribution in [2.45, 2.75) is 6.92 Å². The molecule has 1 aromatic rings. The lowest BCUT2D eigenvalue weighted by molar-refractivity contribution is 0.0994. The Kier molecular flexibility index (Phi) is 7.18. The summed E-state index contributed by atoms with van der Waals surface area (Å²) >= 11 is 1.41. The van der Waals surface area contributed by atoms with E-state index >= 15 is 0 Å². The first-order valence-corrected chi connectivity index (χ1v) is 4.93. The van der Waals surface area contributed by atoms with Crippen molar-refractivity contribution >= 4 is 17.6 Å². The molecular weight excluding hydrogens is 200 g/mol. The molecule has 4 nitrogen and oxygen atoms in total. The van der Waals surface area contributed by atoms with Gasteiger partial charge in [-0.25, -0.2) is 4.98 Å². The van der Waals surface area contributed by atoms with Crippen molar-refractivity contribution in [1.29, 1.82) is 0 Å². The zero-order valence-electron chi connectivity index (χ0n) is 8.98. The van der Waals surface area contributed by atoms with Crippen molar-refractivity contribution in [2.24, 2.45) is 0 Å². The molecule has 0 radical (unpaired) electrons. The molecule has 1 heterocycles. The number of ether oxygens (including phenoxy) is 1. The molecule has 0 aliphatic rings. The summed E-state index contributed by atoms with van der Waals surface area (Å²) < 4.78 is 4.73. The van der Waals surface area contributed by atoms with E-state index in [0.717, 1.165) is 11.2 Å². The topological polar surface area (TPSA) is 42.4 Å². The van der Waals surface area contributed by atoms with Crippen LogP contribution in [0.3, 0.4) is 0 Å². The van der Waals surface area contributed by atoms with Crippen molar-refractivity contribution in [3.05, 3.63) is 16.1 Å². The Bertz CT molecular complexity index is 261. The third-order valence-corrected chi connectivity index (χ3v) is 1.97. The Morgan fingerprint density at radius 3 is 2.43 bits per heavy atom. The van der Waals surface area contributed by atoms with Crippen molar-refractivity contribution in [1.82, 2.24) is 9.88 Å². The second-order valence-corrected chi connectivity index (χ2v) is 4.19. The number of nitrogens with zero attached hydrogens (tertiary/aromatic N) is 2. The molecule has 0 fully saturated rings. The number of aldehydes is 1. The number of carbonyl (C=O) groups is 1. The number of rotatable bonds is 3. The Balaban J connectivity index is 0.000000255. The lowest BCUT2D eigenvalue weighted by atomic mass is 10.6. The highest BCUT2D eigenvalue weighted by Gasteiger charge is 1.91. The molecule has 14 heavy (non-hydrogen) atoms. The molecule has 0 unspecified atom stereocenters. The van der Waals surface area contributed by atoms with Gasteiger partial charge in [0.15, 0.2) is 11.3 Å². The van der Waals surface area contributed by atoms with Crippen LogP contribution in [0.5, 0.6) is 0 Å². The maximum absolute atomic E-state index is 9.97. The Morgan fingerprint density at radius 1 is 1.64 bits per heavy atom. The second kappa shape index (κ2) is 7.61. The first-order valence-electron chi connectivity index (χ1n) is 4.11. The third-order valence-electron chi connectivity index (χ3n) is 1.13. The minimum Gasteiger partial charge on any atom is -0.369 e. The fourth-order valence-corrected chi connectivity index (χ4v) is 1.27. The van der Waals surface area contributed by atoms with Gasteiger partial charge in [-0.2, -0.15) is 0 Å². The molecular formula is C9H16N2O2S. The zero-order valence-corrected chi connectivity index (χ0v) is 9.80. The van der Waals surface area contributed by atoms with Crippen molar-refractivity contribution in [3.63, 3.8) is 0 Å². The number of thiazole rings is 1. The maximum Gasteiger partial charge on any atom is 0.178 e. The molecule has 1 aromatic heterocycles. The summed E-state index contributed by atoms with van der Waals surface area (Å²) in [5.74, 6) is 0. The quantitative estimate of drug-likeness (QED) is 0.566. The molecule has 0 bridgehead atoms. The van der Waals surface area contributed by atoms with E-state index in [1.54, 1.807) is 13.3 Å². The van der Waals surface area contributed by atoms with Crippen molar-refractivity contribution in [2.75, 3.05) is 27.9 Å². The summed E-state index contributed by atoms with van der Waals surface area (Å²) in [7, 11) is 5.60. The molecule has 0 amide bonds. The lowest BCUT2D eigenvalue weighted by Crippen LogP contribution is -2.13. The van der Waals surface area contributed by atoms with Crippen LogP contribution < -0.4 is 0 Å².